The first-order valence-electron chi connectivity index (χ1n) is 7.78. The zero-order valence-corrected chi connectivity index (χ0v) is 17.0. The fraction of sp³-hybridized carbons (Fsp3) is 0.875. The molecule has 0 saturated carbocycles. The lowest BCUT2D eigenvalue weighted by Crippen LogP contribution is -2.63. The third-order valence-electron chi connectivity index (χ3n) is 3.23. The van der Waals surface area contributed by atoms with Gasteiger partial charge >= 0.3 is 0 Å². The highest BCUT2D eigenvalue weighted by Crippen LogP contribution is 2.20. The van der Waals surface area contributed by atoms with Crippen LogP contribution in [0.2, 0.25) is 39.3 Å². The molecule has 2 N–H and O–H groups in total. The molecule has 118 valence electrons. The Morgan fingerprint density at radius 2 is 1.50 bits per heavy atom. The predicted octanol–water partition coefficient (Wildman–Crippen LogP) is 3.64. The van der Waals surface area contributed by atoms with Crippen molar-refractivity contribution < 1.29 is 5.11 Å². The number of hydrogen-bond acceptors (Lipinski definition) is 2. The summed E-state index contributed by atoms with van der Waals surface area (Å²) < 4.78 is 0. The van der Waals surface area contributed by atoms with Crippen LogP contribution in [-0.2, 0) is 0 Å². The molecule has 0 aliphatic heterocycles. The molecule has 0 radical (unpaired) electrons. The largest absolute Gasteiger partial charge is 0.378 e. The molecule has 20 heavy (non-hydrogen) atoms. The van der Waals surface area contributed by atoms with Gasteiger partial charge < -0.3 is 10.4 Å². The predicted molar refractivity (Wildman–Crippen MR) is 96.4 cm³/mol. The van der Waals surface area contributed by atoms with Gasteiger partial charge in [0.15, 0.2) is 0 Å². The summed E-state index contributed by atoms with van der Waals surface area (Å²) in [4.78, 5) is 0. The molecule has 0 fully saturated rings. The van der Waals surface area contributed by atoms with Crippen molar-refractivity contribution in [3.05, 3.63) is 0 Å². The highest BCUT2D eigenvalue weighted by Gasteiger charge is 2.38. The van der Waals surface area contributed by atoms with Gasteiger partial charge in [0.1, 0.15) is 5.60 Å². The Hall–Kier alpha value is -0.0862. The van der Waals surface area contributed by atoms with Gasteiger partial charge in [0.05, 0.1) is 22.2 Å². The average Bonchev–Trinajstić information content (AvgIpc) is 2.17. The van der Waals surface area contributed by atoms with E-state index in [9.17, 15) is 5.11 Å². The third-order valence-corrected chi connectivity index (χ3v) is 12.2. The summed E-state index contributed by atoms with van der Waals surface area (Å²) in [6.07, 6.45) is 2.16. The van der Waals surface area contributed by atoms with Crippen molar-refractivity contribution in [3.63, 3.8) is 0 Å². The second-order valence-electron chi connectivity index (χ2n) is 8.50. The van der Waals surface area contributed by atoms with Crippen LogP contribution >= 0.6 is 0 Å². The van der Waals surface area contributed by atoms with E-state index in [0.717, 1.165) is 12.8 Å². The fourth-order valence-corrected chi connectivity index (χ4v) is 14.5. The maximum atomic E-state index is 9.80. The Morgan fingerprint density at radius 3 is 1.80 bits per heavy atom. The van der Waals surface area contributed by atoms with Crippen LogP contribution in [-0.4, -0.2) is 38.2 Å². The first-order chi connectivity index (χ1) is 8.77. The van der Waals surface area contributed by atoms with Gasteiger partial charge in [-0.05, 0) is 25.6 Å². The van der Waals surface area contributed by atoms with Gasteiger partial charge in [-0.15, -0.1) is 0 Å². The van der Waals surface area contributed by atoms with Crippen molar-refractivity contribution >= 4 is 16.1 Å². The zero-order chi connectivity index (χ0) is 16.2. The van der Waals surface area contributed by atoms with Crippen LogP contribution in [0, 0.1) is 11.8 Å². The molecule has 0 aliphatic carbocycles. The minimum absolute atomic E-state index is 0.204. The minimum Gasteiger partial charge on any atom is -0.378 e. The zero-order valence-electron chi connectivity index (χ0n) is 15.0. The van der Waals surface area contributed by atoms with Crippen molar-refractivity contribution in [2.24, 2.45) is 0 Å². The molecule has 0 spiro atoms. The molecule has 0 aromatic rings. The van der Waals surface area contributed by atoms with Crippen molar-refractivity contribution in [2.45, 2.75) is 89.8 Å². The van der Waals surface area contributed by atoms with E-state index < -0.39 is 21.7 Å². The summed E-state index contributed by atoms with van der Waals surface area (Å²) in [6, 6.07) is 0.204. The summed E-state index contributed by atoms with van der Waals surface area (Å²) in [5, 5.41) is 14.3. The Balaban J connectivity index is 5.16. The second kappa shape index (κ2) is 7.26. The van der Waals surface area contributed by atoms with Gasteiger partial charge in [-0.2, -0.15) is 0 Å². The van der Waals surface area contributed by atoms with Gasteiger partial charge in [-0.3, -0.25) is 0 Å². The number of hydrogen-bond donors (Lipinski definition) is 2. The normalized spacial score (nSPS) is 14.9. The van der Waals surface area contributed by atoms with Crippen molar-refractivity contribution in [1.82, 2.24) is 5.32 Å². The Morgan fingerprint density at radius 1 is 1.05 bits per heavy atom. The minimum atomic E-state index is -1.27. The molecule has 0 rings (SSSR count). The highest BCUT2D eigenvalue weighted by molar-refractivity contribution is 6.96. The first-order valence-corrected chi connectivity index (χ1v) is 14.9. The molecular weight excluding hydrogens is 278 g/mol. The molecule has 0 saturated heterocycles. The first kappa shape index (κ1) is 19.9. The van der Waals surface area contributed by atoms with E-state index >= 15 is 0 Å². The summed E-state index contributed by atoms with van der Waals surface area (Å²) in [5.41, 5.74) is -0.901. The molecule has 0 aromatic heterocycles. The van der Waals surface area contributed by atoms with E-state index in [1.165, 1.54) is 0 Å². The number of rotatable bonds is 6. The molecule has 1 atom stereocenters. The van der Waals surface area contributed by atoms with Crippen molar-refractivity contribution in [1.29, 1.82) is 0 Å². The van der Waals surface area contributed by atoms with Crippen molar-refractivity contribution in [3.8, 4) is 11.8 Å². The average molecular weight is 314 g/mol. The van der Waals surface area contributed by atoms with E-state index in [2.05, 4.69) is 63.4 Å². The molecule has 0 bridgehead atoms. The Bertz CT molecular complexity index is 336. The number of nitrogens with one attached hydrogen (secondary N) is 1. The molecule has 2 nitrogen and oxygen atoms in total. The maximum Gasteiger partial charge on any atom is 0.120 e. The summed E-state index contributed by atoms with van der Waals surface area (Å²) in [6.45, 7) is 20.3. The van der Waals surface area contributed by atoms with E-state index in [0.29, 0.717) is 5.29 Å². The molecule has 0 heterocycles. The standard InChI is InChI=1S/C16H35NOSi2/c1-10-11-14(12-13-16(2,3)18)17-15(19(4,5)6)20(7,8)9/h14-15,17-18H,10-11H2,1-9H3. The van der Waals surface area contributed by atoms with E-state index in [1.807, 2.05) is 0 Å². The highest BCUT2D eigenvalue weighted by atomic mass is 28.4. The van der Waals surface area contributed by atoms with Crippen LogP contribution in [0.5, 0.6) is 0 Å². The van der Waals surface area contributed by atoms with Gasteiger partial charge in [-0.25, -0.2) is 0 Å². The molecule has 4 heteroatoms. The fourth-order valence-electron chi connectivity index (χ4n) is 2.75. The lowest BCUT2D eigenvalue weighted by molar-refractivity contribution is 0.143. The van der Waals surface area contributed by atoms with Gasteiger partial charge in [0, 0.05) is 0 Å². The van der Waals surface area contributed by atoms with Crippen LogP contribution in [0.4, 0.5) is 0 Å². The summed E-state index contributed by atoms with van der Waals surface area (Å²) in [7, 11) is -2.54. The summed E-state index contributed by atoms with van der Waals surface area (Å²) in [5.74, 6) is 6.26. The van der Waals surface area contributed by atoms with Crippen LogP contribution in [0.25, 0.3) is 0 Å². The molecule has 1 unspecified atom stereocenters. The quantitative estimate of drug-likeness (QED) is 0.579. The van der Waals surface area contributed by atoms with Gasteiger partial charge in [-0.1, -0.05) is 64.5 Å². The van der Waals surface area contributed by atoms with Crippen LogP contribution in [0.3, 0.4) is 0 Å². The van der Waals surface area contributed by atoms with E-state index in [-0.39, 0.29) is 6.04 Å². The molecule has 0 aliphatic rings. The third kappa shape index (κ3) is 8.26. The smallest absolute Gasteiger partial charge is 0.120 e. The topological polar surface area (TPSA) is 32.3 Å². The second-order valence-corrected chi connectivity index (χ2v) is 19.7. The monoisotopic (exact) mass is 313 g/mol. The Kier molecular flexibility index (Phi) is 7.23. The SMILES string of the molecule is CCCC(C#CC(C)(C)O)NC([Si](C)(C)C)[Si](C)(C)C. The maximum absolute atomic E-state index is 9.80. The van der Waals surface area contributed by atoms with E-state index in [4.69, 9.17) is 0 Å². The lowest BCUT2D eigenvalue weighted by Gasteiger charge is -2.40. The number of aliphatic hydroxyl groups is 1. The van der Waals surface area contributed by atoms with Crippen LogP contribution in [0.1, 0.15) is 33.6 Å². The summed E-state index contributed by atoms with van der Waals surface area (Å²) >= 11 is 0. The van der Waals surface area contributed by atoms with Crippen LogP contribution in [0.15, 0.2) is 0 Å². The molecule has 0 amide bonds. The molecule has 0 aromatic carbocycles. The van der Waals surface area contributed by atoms with Crippen LogP contribution < -0.4 is 5.32 Å². The van der Waals surface area contributed by atoms with E-state index in [1.54, 1.807) is 13.8 Å². The van der Waals surface area contributed by atoms with Crippen molar-refractivity contribution in [2.75, 3.05) is 0 Å². The van der Waals surface area contributed by atoms with Gasteiger partial charge in [0.25, 0.3) is 0 Å². The lowest BCUT2D eigenvalue weighted by atomic mass is 10.1. The Labute approximate surface area is 128 Å². The van der Waals surface area contributed by atoms with Gasteiger partial charge in [0.2, 0.25) is 0 Å². The molecular formula is C16H35NOSi2.